The number of amides is 1. The van der Waals surface area contributed by atoms with Gasteiger partial charge in [0.05, 0.1) is 17.3 Å². The second-order valence-corrected chi connectivity index (χ2v) is 8.59. The highest BCUT2D eigenvalue weighted by atomic mass is 32.2. The van der Waals surface area contributed by atoms with Crippen molar-refractivity contribution in [2.45, 2.75) is 0 Å². The fourth-order valence-corrected chi connectivity index (χ4v) is 4.17. The molecule has 0 saturated carbocycles. The van der Waals surface area contributed by atoms with E-state index >= 15 is 0 Å². The predicted molar refractivity (Wildman–Crippen MR) is 103 cm³/mol. The Morgan fingerprint density at radius 1 is 1.00 bits per heavy atom. The Morgan fingerprint density at radius 2 is 1.70 bits per heavy atom. The van der Waals surface area contributed by atoms with Gasteiger partial charge in [-0.2, -0.15) is 4.31 Å². The van der Waals surface area contributed by atoms with Crippen LogP contribution >= 0.6 is 0 Å². The van der Waals surface area contributed by atoms with Crippen molar-refractivity contribution in [3.8, 4) is 5.69 Å². The van der Waals surface area contributed by atoms with E-state index in [1.807, 2.05) is 41.0 Å². The molecule has 0 aliphatic carbocycles. The summed E-state index contributed by atoms with van der Waals surface area (Å²) in [5.74, 6) is -0.0979. The first kappa shape index (κ1) is 17.7. The first-order chi connectivity index (χ1) is 12.9. The van der Waals surface area contributed by atoms with Crippen molar-refractivity contribution in [2.75, 3.05) is 32.4 Å². The number of sulfonamides is 1. The summed E-state index contributed by atoms with van der Waals surface area (Å²) in [5, 5.41) is 0. The molecule has 2 heterocycles. The van der Waals surface area contributed by atoms with Gasteiger partial charge in [-0.25, -0.2) is 13.4 Å². The number of hydrogen-bond donors (Lipinski definition) is 0. The van der Waals surface area contributed by atoms with E-state index in [4.69, 9.17) is 0 Å². The van der Waals surface area contributed by atoms with E-state index in [2.05, 4.69) is 4.98 Å². The standard InChI is InChI=1S/C19H20N4O3S/c1-27(25,26)22-11-9-21(10-12-22)19(24)15-7-8-18-17(13-15)20-14-23(18)16-5-3-2-4-6-16/h2-8,13-14H,9-12H2,1H3. The van der Waals surface area contributed by atoms with Crippen molar-refractivity contribution >= 4 is 27.0 Å². The topological polar surface area (TPSA) is 75.5 Å². The first-order valence-electron chi connectivity index (χ1n) is 8.70. The van der Waals surface area contributed by atoms with Gasteiger partial charge in [-0.1, -0.05) is 18.2 Å². The minimum absolute atomic E-state index is 0.0979. The molecule has 1 aliphatic rings. The van der Waals surface area contributed by atoms with Gasteiger partial charge in [0.2, 0.25) is 10.0 Å². The van der Waals surface area contributed by atoms with Crippen LogP contribution in [0.5, 0.6) is 0 Å². The number of nitrogens with zero attached hydrogens (tertiary/aromatic N) is 4. The molecule has 0 bridgehead atoms. The Labute approximate surface area is 157 Å². The average molecular weight is 384 g/mol. The molecule has 2 aromatic carbocycles. The van der Waals surface area contributed by atoms with E-state index in [-0.39, 0.29) is 5.91 Å². The van der Waals surface area contributed by atoms with Crippen LogP contribution in [0.15, 0.2) is 54.9 Å². The largest absolute Gasteiger partial charge is 0.336 e. The molecule has 4 rings (SSSR count). The molecule has 1 fully saturated rings. The van der Waals surface area contributed by atoms with Crippen LogP contribution in [0.25, 0.3) is 16.7 Å². The SMILES string of the molecule is CS(=O)(=O)N1CCN(C(=O)c2ccc3c(c2)ncn3-c2ccccc2)CC1. The van der Waals surface area contributed by atoms with Crippen molar-refractivity contribution in [1.82, 2.24) is 18.8 Å². The van der Waals surface area contributed by atoms with Crippen molar-refractivity contribution in [2.24, 2.45) is 0 Å². The van der Waals surface area contributed by atoms with E-state index in [1.54, 1.807) is 23.4 Å². The molecule has 1 saturated heterocycles. The van der Waals surface area contributed by atoms with Gasteiger partial charge in [-0.05, 0) is 30.3 Å². The number of benzene rings is 2. The zero-order chi connectivity index (χ0) is 19.0. The molecule has 0 radical (unpaired) electrons. The van der Waals surface area contributed by atoms with E-state index in [1.165, 1.54) is 10.6 Å². The Kier molecular flexibility index (Phi) is 4.45. The van der Waals surface area contributed by atoms with Gasteiger partial charge in [0.15, 0.2) is 0 Å². The van der Waals surface area contributed by atoms with Crippen LogP contribution in [0, 0.1) is 0 Å². The lowest BCUT2D eigenvalue weighted by molar-refractivity contribution is 0.0698. The normalized spacial score (nSPS) is 16.0. The molecule has 7 nitrogen and oxygen atoms in total. The second kappa shape index (κ2) is 6.79. The Hall–Kier alpha value is -2.71. The highest BCUT2D eigenvalue weighted by molar-refractivity contribution is 7.88. The molecule has 0 N–H and O–H groups in total. The Morgan fingerprint density at radius 3 is 2.37 bits per heavy atom. The lowest BCUT2D eigenvalue weighted by Crippen LogP contribution is -2.50. The zero-order valence-corrected chi connectivity index (χ0v) is 15.8. The summed E-state index contributed by atoms with van der Waals surface area (Å²) in [6, 6.07) is 15.4. The number of rotatable bonds is 3. The molecule has 140 valence electrons. The van der Waals surface area contributed by atoms with Crippen LogP contribution in [-0.2, 0) is 10.0 Å². The van der Waals surface area contributed by atoms with E-state index in [9.17, 15) is 13.2 Å². The van der Waals surface area contributed by atoms with E-state index in [0.717, 1.165) is 16.7 Å². The zero-order valence-electron chi connectivity index (χ0n) is 14.9. The van der Waals surface area contributed by atoms with Gasteiger partial charge >= 0.3 is 0 Å². The average Bonchev–Trinajstić information content (AvgIpc) is 3.11. The monoisotopic (exact) mass is 384 g/mol. The molecule has 0 atom stereocenters. The quantitative estimate of drug-likeness (QED) is 0.689. The van der Waals surface area contributed by atoms with Gasteiger partial charge in [0.25, 0.3) is 5.91 Å². The van der Waals surface area contributed by atoms with Crippen LogP contribution in [0.4, 0.5) is 0 Å². The maximum Gasteiger partial charge on any atom is 0.254 e. The Bertz CT molecular complexity index is 1080. The summed E-state index contributed by atoms with van der Waals surface area (Å²) < 4.78 is 26.6. The number of para-hydroxylation sites is 1. The maximum absolute atomic E-state index is 12.8. The number of fused-ring (bicyclic) bond motifs is 1. The van der Waals surface area contributed by atoms with Gasteiger partial charge < -0.3 is 4.90 Å². The number of imidazole rings is 1. The van der Waals surface area contributed by atoms with Crippen molar-refractivity contribution in [3.63, 3.8) is 0 Å². The molecule has 0 unspecified atom stereocenters. The van der Waals surface area contributed by atoms with Crippen molar-refractivity contribution < 1.29 is 13.2 Å². The Balaban J connectivity index is 1.56. The van der Waals surface area contributed by atoms with Gasteiger partial charge in [-0.15, -0.1) is 0 Å². The number of carbonyl (C=O) groups is 1. The van der Waals surface area contributed by atoms with Gasteiger partial charge in [0.1, 0.15) is 6.33 Å². The molecular formula is C19H20N4O3S. The lowest BCUT2D eigenvalue weighted by Gasteiger charge is -2.33. The molecule has 8 heteroatoms. The summed E-state index contributed by atoms with van der Waals surface area (Å²) in [6.07, 6.45) is 2.95. The summed E-state index contributed by atoms with van der Waals surface area (Å²) in [6.45, 7) is 1.44. The molecule has 0 spiro atoms. The minimum atomic E-state index is -3.21. The third-order valence-corrected chi connectivity index (χ3v) is 6.13. The third kappa shape index (κ3) is 3.45. The fourth-order valence-electron chi connectivity index (χ4n) is 3.35. The van der Waals surface area contributed by atoms with Crippen LogP contribution in [-0.4, -0.2) is 65.5 Å². The predicted octanol–water partition coefficient (Wildman–Crippen LogP) is 1.74. The summed E-state index contributed by atoms with van der Waals surface area (Å²) >= 11 is 0. The van der Waals surface area contributed by atoms with Crippen LogP contribution in [0.1, 0.15) is 10.4 Å². The maximum atomic E-state index is 12.8. The highest BCUT2D eigenvalue weighted by Gasteiger charge is 2.26. The minimum Gasteiger partial charge on any atom is -0.336 e. The molecule has 27 heavy (non-hydrogen) atoms. The number of carbonyl (C=O) groups excluding carboxylic acids is 1. The van der Waals surface area contributed by atoms with E-state index < -0.39 is 10.0 Å². The van der Waals surface area contributed by atoms with Crippen LogP contribution < -0.4 is 0 Å². The molecular weight excluding hydrogens is 364 g/mol. The number of aromatic nitrogens is 2. The van der Waals surface area contributed by atoms with Crippen LogP contribution in [0.3, 0.4) is 0 Å². The summed E-state index contributed by atoms with van der Waals surface area (Å²) in [7, 11) is -3.21. The molecule has 1 amide bonds. The smallest absolute Gasteiger partial charge is 0.254 e. The van der Waals surface area contributed by atoms with Crippen LogP contribution in [0.2, 0.25) is 0 Å². The third-order valence-electron chi connectivity index (χ3n) is 4.82. The lowest BCUT2D eigenvalue weighted by atomic mass is 10.1. The van der Waals surface area contributed by atoms with Crippen molar-refractivity contribution in [3.05, 3.63) is 60.4 Å². The molecule has 1 aliphatic heterocycles. The summed E-state index contributed by atoms with van der Waals surface area (Å²) in [5.41, 5.74) is 3.25. The number of hydrogen-bond acceptors (Lipinski definition) is 4. The number of piperazine rings is 1. The molecule has 1 aromatic heterocycles. The summed E-state index contributed by atoms with van der Waals surface area (Å²) in [4.78, 5) is 18.9. The van der Waals surface area contributed by atoms with Gasteiger partial charge in [0, 0.05) is 37.4 Å². The van der Waals surface area contributed by atoms with E-state index in [0.29, 0.717) is 31.7 Å². The fraction of sp³-hybridized carbons (Fsp3) is 0.263. The highest BCUT2D eigenvalue weighted by Crippen LogP contribution is 2.20. The first-order valence-corrected chi connectivity index (χ1v) is 10.6. The second-order valence-electron chi connectivity index (χ2n) is 6.61. The van der Waals surface area contributed by atoms with Gasteiger partial charge in [-0.3, -0.25) is 9.36 Å². The molecule has 3 aromatic rings. The van der Waals surface area contributed by atoms with Crippen molar-refractivity contribution in [1.29, 1.82) is 0 Å².